The molecule has 0 aliphatic heterocycles. The minimum absolute atomic E-state index is 0.191. The second kappa shape index (κ2) is 8.35. The third-order valence-corrected chi connectivity index (χ3v) is 4.78. The van der Waals surface area contributed by atoms with Gasteiger partial charge < -0.3 is 19.2 Å². The topological polar surface area (TPSA) is 64.3 Å². The van der Waals surface area contributed by atoms with Gasteiger partial charge in [0.1, 0.15) is 24.2 Å². The Hall–Kier alpha value is -2.66. The Labute approximate surface area is 159 Å². The second-order valence-corrected chi connectivity index (χ2v) is 7.13. The lowest BCUT2D eigenvalue weighted by molar-refractivity contribution is -0.116. The summed E-state index contributed by atoms with van der Waals surface area (Å²) < 4.78 is 7.66. The highest BCUT2D eigenvalue weighted by molar-refractivity contribution is 5.77. The van der Waals surface area contributed by atoms with Gasteiger partial charge in [-0.25, -0.2) is 4.98 Å². The molecule has 1 atom stereocenters. The van der Waals surface area contributed by atoms with Crippen molar-refractivity contribution in [2.24, 2.45) is 0 Å². The van der Waals surface area contributed by atoms with Crippen molar-refractivity contribution in [2.75, 3.05) is 6.61 Å². The Morgan fingerprint density at radius 3 is 2.59 bits per heavy atom. The van der Waals surface area contributed by atoms with Crippen molar-refractivity contribution in [3.8, 4) is 5.75 Å². The third-order valence-electron chi connectivity index (χ3n) is 4.78. The van der Waals surface area contributed by atoms with E-state index in [1.165, 1.54) is 11.1 Å². The van der Waals surface area contributed by atoms with Gasteiger partial charge in [-0.15, -0.1) is 0 Å². The smallest absolute Gasteiger partial charge is 0.130 e. The fraction of sp³-hybridized carbons (Fsp3) is 0.364. The lowest BCUT2D eigenvalue weighted by atomic mass is 10.1. The van der Waals surface area contributed by atoms with E-state index >= 15 is 0 Å². The number of aliphatic hydroxyl groups excluding tert-OH is 1. The molecule has 0 unspecified atom stereocenters. The molecule has 5 heteroatoms. The van der Waals surface area contributed by atoms with Crippen LogP contribution in [-0.4, -0.2) is 33.2 Å². The molecule has 2 aromatic carbocycles. The maximum Gasteiger partial charge on any atom is 0.130 e. The van der Waals surface area contributed by atoms with E-state index in [0.29, 0.717) is 18.7 Å². The van der Waals surface area contributed by atoms with E-state index in [0.717, 1.165) is 23.0 Å². The number of carbonyl (C=O) groups excluding carboxylic acids is 1. The van der Waals surface area contributed by atoms with Crippen LogP contribution in [-0.2, 0) is 17.8 Å². The van der Waals surface area contributed by atoms with Gasteiger partial charge in [0.2, 0.25) is 0 Å². The SMILES string of the molecule is CC(=O)CCc1ccc(OC[C@@H](O)Cn2cnc3cc(C)c(C)cc32)cc1. The molecule has 1 heterocycles. The van der Waals surface area contributed by atoms with Crippen LogP contribution in [0.1, 0.15) is 30.0 Å². The molecule has 0 saturated carbocycles. The number of aromatic nitrogens is 2. The zero-order valence-corrected chi connectivity index (χ0v) is 16.1. The molecule has 0 fully saturated rings. The van der Waals surface area contributed by atoms with Crippen LogP contribution >= 0.6 is 0 Å². The molecule has 1 N–H and O–H groups in total. The van der Waals surface area contributed by atoms with E-state index in [2.05, 4.69) is 31.0 Å². The van der Waals surface area contributed by atoms with Gasteiger partial charge in [0.25, 0.3) is 0 Å². The maximum atomic E-state index is 11.1. The summed E-state index contributed by atoms with van der Waals surface area (Å²) in [4.78, 5) is 15.5. The van der Waals surface area contributed by atoms with E-state index in [1.54, 1.807) is 13.3 Å². The van der Waals surface area contributed by atoms with Crippen molar-refractivity contribution in [1.29, 1.82) is 0 Å². The van der Waals surface area contributed by atoms with Crippen molar-refractivity contribution in [3.63, 3.8) is 0 Å². The lowest BCUT2D eigenvalue weighted by Crippen LogP contribution is -2.23. The first-order chi connectivity index (χ1) is 12.9. The fourth-order valence-corrected chi connectivity index (χ4v) is 3.00. The standard InChI is InChI=1S/C22H26N2O3/c1-15-10-21-22(11-16(15)2)24(14-23-21)12-19(26)13-27-20-8-6-18(7-9-20)5-4-17(3)25/h6-11,14,19,26H,4-5,12-13H2,1-3H3/t19-/m0/s1. The molecular weight excluding hydrogens is 340 g/mol. The summed E-state index contributed by atoms with van der Waals surface area (Å²) >= 11 is 0. The van der Waals surface area contributed by atoms with E-state index in [4.69, 9.17) is 4.74 Å². The Kier molecular flexibility index (Phi) is 5.91. The predicted molar refractivity (Wildman–Crippen MR) is 106 cm³/mol. The molecule has 0 aliphatic carbocycles. The molecule has 5 nitrogen and oxygen atoms in total. The first kappa shape index (κ1) is 19.1. The van der Waals surface area contributed by atoms with Crippen LogP contribution in [0.4, 0.5) is 0 Å². The molecule has 0 aliphatic rings. The monoisotopic (exact) mass is 366 g/mol. The number of imidazole rings is 1. The molecule has 0 radical (unpaired) electrons. The van der Waals surface area contributed by atoms with Crippen molar-refractivity contribution in [2.45, 2.75) is 46.3 Å². The van der Waals surface area contributed by atoms with Gasteiger partial charge >= 0.3 is 0 Å². The Morgan fingerprint density at radius 1 is 1.19 bits per heavy atom. The Morgan fingerprint density at radius 2 is 1.89 bits per heavy atom. The van der Waals surface area contributed by atoms with Crippen LogP contribution in [0.25, 0.3) is 11.0 Å². The van der Waals surface area contributed by atoms with Crippen LogP contribution in [0.5, 0.6) is 5.75 Å². The second-order valence-electron chi connectivity index (χ2n) is 7.13. The summed E-state index contributed by atoms with van der Waals surface area (Å²) in [6.45, 7) is 6.38. The molecule has 0 saturated heterocycles. The molecule has 3 rings (SSSR count). The number of fused-ring (bicyclic) bond motifs is 1. The summed E-state index contributed by atoms with van der Waals surface area (Å²) in [7, 11) is 0. The number of ketones is 1. The highest BCUT2D eigenvalue weighted by Crippen LogP contribution is 2.19. The van der Waals surface area contributed by atoms with E-state index in [-0.39, 0.29) is 12.4 Å². The number of carbonyl (C=O) groups is 1. The molecule has 27 heavy (non-hydrogen) atoms. The zero-order valence-electron chi connectivity index (χ0n) is 16.1. The maximum absolute atomic E-state index is 11.1. The minimum atomic E-state index is -0.638. The molecule has 0 spiro atoms. The summed E-state index contributed by atoms with van der Waals surface area (Å²) in [5.74, 6) is 0.901. The van der Waals surface area contributed by atoms with Crippen molar-refractivity contribution in [3.05, 3.63) is 59.4 Å². The van der Waals surface area contributed by atoms with Gasteiger partial charge in [-0.1, -0.05) is 12.1 Å². The van der Waals surface area contributed by atoms with Gasteiger partial charge in [-0.05, 0) is 68.1 Å². The number of hydrogen-bond acceptors (Lipinski definition) is 4. The molecule has 142 valence electrons. The van der Waals surface area contributed by atoms with Crippen molar-refractivity contribution < 1.29 is 14.6 Å². The number of benzene rings is 2. The fourth-order valence-electron chi connectivity index (χ4n) is 3.00. The quantitative estimate of drug-likeness (QED) is 0.661. The summed E-state index contributed by atoms with van der Waals surface area (Å²) in [6.07, 6.45) is 2.42. The van der Waals surface area contributed by atoms with Crippen LogP contribution in [0.2, 0.25) is 0 Å². The molecule has 0 amide bonds. The number of ether oxygens (including phenoxy) is 1. The number of Topliss-reactive ketones (excluding diaryl/α,β-unsaturated/α-hetero) is 1. The average Bonchev–Trinajstić information content (AvgIpc) is 3.01. The minimum Gasteiger partial charge on any atom is -0.491 e. The predicted octanol–water partition coefficient (Wildman–Crippen LogP) is 3.61. The van der Waals surface area contributed by atoms with Crippen molar-refractivity contribution >= 4 is 16.8 Å². The highest BCUT2D eigenvalue weighted by Gasteiger charge is 2.11. The van der Waals surface area contributed by atoms with E-state index < -0.39 is 6.10 Å². The zero-order chi connectivity index (χ0) is 19.4. The average molecular weight is 366 g/mol. The first-order valence-corrected chi connectivity index (χ1v) is 9.23. The first-order valence-electron chi connectivity index (χ1n) is 9.23. The molecule has 3 aromatic rings. The van der Waals surface area contributed by atoms with Crippen LogP contribution in [0.3, 0.4) is 0 Å². The van der Waals surface area contributed by atoms with E-state index in [1.807, 2.05) is 28.8 Å². The van der Waals surface area contributed by atoms with Gasteiger partial charge in [0.05, 0.1) is 23.9 Å². The summed E-state index contributed by atoms with van der Waals surface area (Å²) in [5, 5.41) is 10.4. The lowest BCUT2D eigenvalue weighted by Gasteiger charge is -2.14. The number of aliphatic hydroxyl groups is 1. The highest BCUT2D eigenvalue weighted by atomic mass is 16.5. The Balaban J connectivity index is 1.56. The van der Waals surface area contributed by atoms with Crippen molar-refractivity contribution in [1.82, 2.24) is 9.55 Å². The van der Waals surface area contributed by atoms with Crippen LogP contribution < -0.4 is 4.74 Å². The molecular formula is C22H26N2O3. The summed E-state index contributed by atoms with van der Waals surface area (Å²) in [5.41, 5.74) is 5.48. The van der Waals surface area contributed by atoms with Crippen LogP contribution in [0, 0.1) is 13.8 Å². The van der Waals surface area contributed by atoms with Crippen LogP contribution in [0.15, 0.2) is 42.7 Å². The Bertz CT molecular complexity index is 929. The third kappa shape index (κ3) is 4.95. The summed E-state index contributed by atoms with van der Waals surface area (Å²) in [6, 6.07) is 11.8. The number of nitrogens with zero attached hydrogens (tertiary/aromatic N) is 2. The van der Waals surface area contributed by atoms with Gasteiger partial charge in [-0.2, -0.15) is 0 Å². The normalized spacial score (nSPS) is 12.3. The largest absolute Gasteiger partial charge is 0.491 e. The number of aryl methyl sites for hydroxylation is 3. The number of hydrogen-bond donors (Lipinski definition) is 1. The van der Waals surface area contributed by atoms with Gasteiger partial charge in [0.15, 0.2) is 0 Å². The van der Waals surface area contributed by atoms with E-state index in [9.17, 15) is 9.90 Å². The molecule has 0 bridgehead atoms. The molecule has 1 aromatic heterocycles. The number of rotatable bonds is 8. The van der Waals surface area contributed by atoms with Gasteiger partial charge in [0, 0.05) is 6.42 Å². The van der Waals surface area contributed by atoms with Gasteiger partial charge in [-0.3, -0.25) is 0 Å².